The highest BCUT2D eigenvalue weighted by Crippen LogP contribution is 2.29. The van der Waals surface area contributed by atoms with Gasteiger partial charge in [0.2, 0.25) is 5.91 Å². The molecule has 0 unspecified atom stereocenters. The summed E-state index contributed by atoms with van der Waals surface area (Å²) in [6, 6.07) is 12.1. The Morgan fingerprint density at radius 3 is 2.60 bits per heavy atom. The second-order valence-corrected chi connectivity index (χ2v) is 10.1. The van der Waals surface area contributed by atoms with Gasteiger partial charge in [-0.1, -0.05) is 31.4 Å². The third-order valence-corrected chi connectivity index (χ3v) is 7.46. The Hall–Kier alpha value is -3.40. The molecule has 0 saturated heterocycles. The van der Waals surface area contributed by atoms with E-state index in [1.807, 2.05) is 0 Å². The summed E-state index contributed by atoms with van der Waals surface area (Å²) in [7, 11) is -0.724. The fraction of sp³-hybridized carbons (Fsp3) is 0.400. The lowest BCUT2D eigenvalue weighted by atomic mass is 9.95. The molecule has 1 aliphatic carbocycles. The minimum absolute atomic E-state index is 0.0852. The van der Waals surface area contributed by atoms with E-state index in [1.54, 1.807) is 56.8 Å². The van der Waals surface area contributed by atoms with Crippen LogP contribution in [-0.2, 0) is 14.8 Å². The average Bonchev–Trinajstić information content (AvgIpc) is 3.15. The number of sulfonamides is 1. The number of nitrogens with zero attached hydrogens (tertiary/aromatic N) is 3. The van der Waals surface area contributed by atoms with Crippen LogP contribution in [0.1, 0.15) is 49.7 Å². The SMILES string of the molecule is COc1ccc(/C=N/N(CCC(=O)NC2CCCCC2)C2=NS(=O)(=O)c3ccccc32)cc1OC. The molecular weight excluding hydrogens is 468 g/mol. The van der Waals surface area contributed by atoms with Gasteiger partial charge in [0.1, 0.15) is 4.90 Å². The number of hydrazone groups is 1. The molecular formula is C25H30N4O5S. The Bertz CT molecular complexity index is 1240. The van der Waals surface area contributed by atoms with E-state index in [1.165, 1.54) is 17.5 Å². The van der Waals surface area contributed by atoms with Crippen molar-refractivity contribution in [3.05, 3.63) is 53.6 Å². The Morgan fingerprint density at radius 1 is 1.11 bits per heavy atom. The van der Waals surface area contributed by atoms with E-state index in [9.17, 15) is 13.2 Å². The van der Waals surface area contributed by atoms with Crippen molar-refractivity contribution in [3.8, 4) is 11.5 Å². The van der Waals surface area contributed by atoms with E-state index in [-0.39, 0.29) is 35.6 Å². The maximum atomic E-state index is 12.7. The summed E-state index contributed by atoms with van der Waals surface area (Å²) in [5.41, 5.74) is 1.18. The lowest BCUT2D eigenvalue weighted by Crippen LogP contribution is -2.38. The van der Waals surface area contributed by atoms with Crippen LogP contribution in [-0.4, -0.2) is 58.2 Å². The van der Waals surface area contributed by atoms with E-state index in [0.717, 1.165) is 25.7 Å². The highest BCUT2D eigenvalue weighted by molar-refractivity contribution is 7.90. The van der Waals surface area contributed by atoms with Gasteiger partial charge in [-0.25, -0.2) is 5.01 Å². The molecule has 35 heavy (non-hydrogen) atoms. The predicted molar refractivity (Wildman–Crippen MR) is 134 cm³/mol. The van der Waals surface area contributed by atoms with Gasteiger partial charge in [-0.15, -0.1) is 4.40 Å². The maximum absolute atomic E-state index is 12.7. The number of rotatable bonds is 8. The lowest BCUT2D eigenvalue weighted by molar-refractivity contribution is -0.122. The summed E-state index contributed by atoms with van der Waals surface area (Å²) >= 11 is 0. The minimum atomic E-state index is -3.83. The number of ether oxygens (including phenoxy) is 2. The van der Waals surface area contributed by atoms with Gasteiger partial charge in [0.05, 0.1) is 27.0 Å². The number of methoxy groups -OCH3 is 2. The molecule has 2 aliphatic rings. The summed E-state index contributed by atoms with van der Waals surface area (Å²) in [5, 5.41) is 9.10. The first-order valence-electron chi connectivity index (χ1n) is 11.7. The number of carbonyl (C=O) groups is 1. The van der Waals surface area contributed by atoms with Crippen LogP contribution in [0.4, 0.5) is 0 Å². The molecule has 0 radical (unpaired) electrons. The highest BCUT2D eigenvalue weighted by atomic mass is 32.2. The van der Waals surface area contributed by atoms with Crippen LogP contribution in [0.25, 0.3) is 0 Å². The predicted octanol–water partition coefficient (Wildman–Crippen LogP) is 3.33. The fourth-order valence-electron chi connectivity index (χ4n) is 4.32. The summed E-state index contributed by atoms with van der Waals surface area (Å²) in [5.74, 6) is 1.24. The highest BCUT2D eigenvalue weighted by Gasteiger charge is 2.32. The van der Waals surface area contributed by atoms with Crippen molar-refractivity contribution in [3.63, 3.8) is 0 Å². The van der Waals surface area contributed by atoms with E-state index in [2.05, 4.69) is 14.8 Å². The standard InChI is InChI=1S/C25H30N4O5S/c1-33-21-13-12-18(16-22(21)34-2)17-26-29(15-14-24(30)27-19-8-4-3-5-9-19)25-20-10-6-7-11-23(20)35(31,32)28-25/h6-7,10-13,16-17,19H,3-5,8-9,14-15H2,1-2H3,(H,27,30)/b26-17+. The molecule has 0 aromatic heterocycles. The van der Waals surface area contributed by atoms with Gasteiger partial charge in [-0.3, -0.25) is 4.79 Å². The Balaban J connectivity index is 1.57. The first kappa shape index (κ1) is 24.7. The van der Waals surface area contributed by atoms with Crippen molar-refractivity contribution in [2.24, 2.45) is 9.50 Å². The molecule has 0 atom stereocenters. The van der Waals surface area contributed by atoms with Gasteiger partial charge in [0.15, 0.2) is 17.3 Å². The van der Waals surface area contributed by atoms with Crippen LogP contribution in [0.5, 0.6) is 11.5 Å². The van der Waals surface area contributed by atoms with Gasteiger partial charge in [0.25, 0.3) is 10.0 Å². The lowest BCUT2D eigenvalue weighted by Gasteiger charge is -2.24. The largest absolute Gasteiger partial charge is 0.493 e. The van der Waals surface area contributed by atoms with Crippen molar-refractivity contribution in [1.82, 2.24) is 10.3 Å². The van der Waals surface area contributed by atoms with E-state index in [0.29, 0.717) is 22.6 Å². The van der Waals surface area contributed by atoms with Crippen LogP contribution < -0.4 is 14.8 Å². The zero-order valence-corrected chi connectivity index (χ0v) is 20.8. The fourth-order valence-corrected chi connectivity index (χ4v) is 5.52. The number of amides is 1. The number of fused-ring (bicyclic) bond motifs is 1. The molecule has 1 saturated carbocycles. The first-order chi connectivity index (χ1) is 16.9. The Morgan fingerprint density at radius 2 is 1.86 bits per heavy atom. The van der Waals surface area contributed by atoms with Crippen LogP contribution in [0.3, 0.4) is 0 Å². The van der Waals surface area contributed by atoms with E-state index in [4.69, 9.17) is 9.47 Å². The van der Waals surface area contributed by atoms with Gasteiger partial charge in [0, 0.05) is 18.0 Å². The van der Waals surface area contributed by atoms with E-state index < -0.39 is 10.0 Å². The zero-order valence-electron chi connectivity index (χ0n) is 19.9. The van der Waals surface area contributed by atoms with Crippen molar-refractivity contribution >= 4 is 28.0 Å². The van der Waals surface area contributed by atoms with E-state index >= 15 is 0 Å². The monoisotopic (exact) mass is 498 g/mol. The number of carbonyl (C=O) groups excluding carboxylic acids is 1. The second-order valence-electron chi connectivity index (χ2n) is 8.52. The molecule has 4 rings (SSSR count). The average molecular weight is 499 g/mol. The summed E-state index contributed by atoms with van der Waals surface area (Å²) < 4.78 is 39.9. The first-order valence-corrected chi connectivity index (χ1v) is 13.1. The molecule has 2 aromatic rings. The molecule has 2 aromatic carbocycles. The summed E-state index contributed by atoms with van der Waals surface area (Å²) in [6.45, 7) is 0.172. The molecule has 0 spiro atoms. The second kappa shape index (κ2) is 10.9. The van der Waals surface area contributed by atoms with Crippen molar-refractivity contribution in [1.29, 1.82) is 0 Å². The summed E-state index contributed by atoms with van der Waals surface area (Å²) in [4.78, 5) is 12.8. The zero-order chi connectivity index (χ0) is 24.8. The third kappa shape index (κ3) is 5.82. The van der Waals surface area contributed by atoms with Gasteiger partial charge >= 0.3 is 0 Å². The van der Waals surface area contributed by atoms with Gasteiger partial charge in [-0.05, 0) is 48.7 Å². The van der Waals surface area contributed by atoms with Crippen LogP contribution in [0.15, 0.2) is 56.9 Å². The molecule has 1 amide bonds. The molecule has 1 N–H and O–H groups in total. The molecule has 1 heterocycles. The summed E-state index contributed by atoms with van der Waals surface area (Å²) in [6.07, 6.45) is 7.17. The topological polar surface area (TPSA) is 110 Å². The smallest absolute Gasteiger partial charge is 0.285 e. The molecule has 0 bridgehead atoms. The van der Waals surface area contributed by atoms with Crippen molar-refractivity contribution in [2.75, 3.05) is 20.8 Å². The van der Waals surface area contributed by atoms with Crippen LogP contribution in [0.2, 0.25) is 0 Å². The van der Waals surface area contributed by atoms with Gasteiger partial charge in [-0.2, -0.15) is 13.5 Å². The normalized spacial score (nSPS) is 17.0. The number of amidine groups is 1. The molecule has 9 nitrogen and oxygen atoms in total. The number of nitrogens with one attached hydrogen (secondary N) is 1. The number of benzene rings is 2. The molecule has 1 fully saturated rings. The van der Waals surface area contributed by atoms with Crippen LogP contribution >= 0.6 is 0 Å². The van der Waals surface area contributed by atoms with Gasteiger partial charge < -0.3 is 14.8 Å². The van der Waals surface area contributed by atoms with Crippen molar-refractivity contribution < 1.29 is 22.7 Å². The quantitative estimate of drug-likeness (QED) is 0.442. The van der Waals surface area contributed by atoms with Crippen LogP contribution in [0, 0.1) is 0 Å². The molecule has 186 valence electrons. The number of hydrogen-bond acceptors (Lipinski definition) is 7. The molecule has 1 aliphatic heterocycles. The minimum Gasteiger partial charge on any atom is -0.493 e. The third-order valence-electron chi connectivity index (χ3n) is 6.13. The maximum Gasteiger partial charge on any atom is 0.285 e. The van der Waals surface area contributed by atoms with Crippen molar-refractivity contribution in [2.45, 2.75) is 49.5 Å². The Kier molecular flexibility index (Phi) is 7.70. The number of hydrogen-bond donors (Lipinski definition) is 1. The molecule has 10 heteroatoms. The Labute approximate surface area is 205 Å².